The van der Waals surface area contributed by atoms with Crippen LogP contribution in [-0.2, 0) is 14.9 Å². The van der Waals surface area contributed by atoms with Crippen molar-refractivity contribution < 1.29 is 22.9 Å². The zero-order valence-corrected chi connectivity index (χ0v) is 23.9. The van der Waals surface area contributed by atoms with Crippen molar-refractivity contribution in [3.05, 3.63) is 60.8 Å². The molecule has 1 amide bonds. The van der Waals surface area contributed by atoms with Gasteiger partial charge in [0, 0.05) is 6.42 Å². The van der Waals surface area contributed by atoms with E-state index >= 15 is 0 Å². The van der Waals surface area contributed by atoms with Gasteiger partial charge < -0.3 is 10.4 Å². The Morgan fingerprint density at radius 2 is 1.35 bits per heavy atom. The van der Waals surface area contributed by atoms with Crippen LogP contribution in [0.2, 0.25) is 0 Å². The molecule has 37 heavy (non-hydrogen) atoms. The molecule has 6 nitrogen and oxygen atoms in total. The van der Waals surface area contributed by atoms with Crippen molar-refractivity contribution >= 4 is 16.0 Å². The summed E-state index contributed by atoms with van der Waals surface area (Å²) in [6.07, 6.45) is 32.3. The van der Waals surface area contributed by atoms with Gasteiger partial charge in [-0.25, -0.2) is 0 Å². The largest absolute Gasteiger partial charge is 0.387 e. The number of carbonyl (C=O) groups excluding carboxylic acids is 1. The molecule has 0 saturated heterocycles. The van der Waals surface area contributed by atoms with Gasteiger partial charge in [-0.2, -0.15) is 8.42 Å². The summed E-state index contributed by atoms with van der Waals surface area (Å²) in [5.41, 5.74) is 0. The van der Waals surface area contributed by atoms with Gasteiger partial charge in [0.25, 0.3) is 10.1 Å². The van der Waals surface area contributed by atoms with Crippen molar-refractivity contribution in [1.82, 2.24) is 5.32 Å². The zero-order valence-electron chi connectivity index (χ0n) is 23.1. The molecule has 0 aromatic carbocycles. The molecule has 2 atom stereocenters. The predicted molar refractivity (Wildman–Crippen MR) is 156 cm³/mol. The minimum Gasteiger partial charge on any atom is -0.387 e. The van der Waals surface area contributed by atoms with Gasteiger partial charge >= 0.3 is 0 Å². The van der Waals surface area contributed by atoms with Crippen LogP contribution >= 0.6 is 0 Å². The first-order valence-corrected chi connectivity index (χ1v) is 15.6. The average Bonchev–Trinajstić information content (AvgIpc) is 2.84. The van der Waals surface area contributed by atoms with Gasteiger partial charge in [0.15, 0.2) is 0 Å². The Morgan fingerprint density at radius 3 is 2.00 bits per heavy atom. The van der Waals surface area contributed by atoms with Crippen molar-refractivity contribution in [1.29, 1.82) is 0 Å². The fourth-order valence-corrected chi connectivity index (χ4v) is 4.37. The number of hydrogen-bond acceptors (Lipinski definition) is 4. The fraction of sp³-hybridized carbons (Fsp3) is 0.633. The average molecular weight is 538 g/mol. The molecule has 0 radical (unpaired) electrons. The zero-order chi connectivity index (χ0) is 27.6. The molecular weight excluding hydrogens is 486 g/mol. The molecule has 0 aliphatic carbocycles. The molecule has 0 saturated carbocycles. The number of hydrogen-bond donors (Lipinski definition) is 3. The molecule has 0 spiro atoms. The van der Waals surface area contributed by atoms with Crippen molar-refractivity contribution in [3.8, 4) is 0 Å². The maximum atomic E-state index is 12.3. The smallest absolute Gasteiger partial charge is 0.267 e. The van der Waals surface area contributed by atoms with E-state index in [-0.39, 0.29) is 12.3 Å². The number of allylic oxidation sites excluding steroid dienone is 9. The number of rotatable bonds is 23. The number of unbranched alkanes of at least 4 members (excludes halogenated alkanes) is 8. The molecule has 7 heteroatoms. The lowest BCUT2D eigenvalue weighted by atomic mass is 10.1. The Morgan fingerprint density at radius 1 is 0.784 bits per heavy atom. The molecule has 2 unspecified atom stereocenters. The van der Waals surface area contributed by atoms with Crippen molar-refractivity contribution in [3.63, 3.8) is 0 Å². The van der Waals surface area contributed by atoms with Crippen LogP contribution in [0.3, 0.4) is 0 Å². The standard InChI is InChI=1S/C30H51NO5S/c1-3-5-7-9-11-13-14-15-16-18-20-22-24-26-30(33)31-28(27-37(34,35)36)29(32)25-23-21-19-17-12-10-8-6-4-2/h4,6-7,9,12-14,17,23,25,28-29,32H,3,5,8,10-11,15-16,18-22,24,26-27H2,1-2H3,(H,31,33)(H,34,35,36)/b6-4+,9-7-,14-13-,17-12+,25-23+. The highest BCUT2D eigenvalue weighted by molar-refractivity contribution is 7.85. The lowest BCUT2D eigenvalue weighted by molar-refractivity contribution is -0.122. The SMILES string of the molecule is C/C=C/CC/C=C/CC/C=C/C(O)C(CS(=O)(=O)O)NC(=O)CCCCCCC/C=C\C/C=C\CCC. The second-order valence-electron chi connectivity index (χ2n) is 9.31. The number of carbonyl (C=O) groups is 1. The van der Waals surface area contributed by atoms with E-state index in [4.69, 9.17) is 0 Å². The number of aliphatic hydroxyl groups is 1. The van der Waals surface area contributed by atoms with E-state index in [0.29, 0.717) is 12.8 Å². The summed E-state index contributed by atoms with van der Waals surface area (Å²) < 4.78 is 32.0. The summed E-state index contributed by atoms with van der Waals surface area (Å²) in [5, 5.41) is 13.0. The van der Waals surface area contributed by atoms with Gasteiger partial charge in [-0.3, -0.25) is 9.35 Å². The normalized spacial score (nSPS) is 14.6. The monoisotopic (exact) mass is 537 g/mol. The summed E-state index contributed by atoms with van der Waals surface area (Å²) in [6, 6.07) is -1.08. The van der Waals surface area contributed by atoms with Crippen molar-refractivity contribution in [2.24, 2.45) is 0 Å². The van der Waals surface area contributed by atoms with Gasteiger partial charge in [-0.15, -0.1) is 0 Å². The van der Waals surface area contributed by atoms with Gasteiger partial charge in [0.1, 0.15) is 0 Å². The van der Waals surface area contributed by atoms with Crippen LogP contribution in [0.25, 0.3) is 0 Å². The Kier molecular flexibility index (Phi) is 23.1. The molecule has 212 valence electrons. The molecule has 0 heterocycles. The van der Waals surface area contributed by atoms with Crippen LogP contribution in [0.5, 0.6) is 0 Å². The number of nitrogens with one attached hydrogen (secondary N) is 1. The Balaban J connectivity index is 4.22. The molecule has 0 rings (SSSR count). The van der Waals surface area contributed by atoms with E-state index in [1.165, 1.54) is 12.5 Å². The molecule has 3 N–H and O–H groups in total. The highest BCUT2D eigenvalue weighted by Gasteiger charge is 2.24. The molecular formula is C30H51NO5S. The third-order valence-corrected chi connectivity index (χ3v) is 6.50. The second-order valence-corrected chi connectivity index (χ2v) is 10.8. The molecule has 0 aromatic rings. The Bertz CT molecular complexity index is 812. The molecule has 0 aliphatic rings. The first-order chi connectivity index (χ1) is 17.8. The summed E-state index contributed by atoms with van der Waals surface area (Å²) >= 11 is 0. The minimum absolute atomic E-state index is 0.264. The lowest BCUT2D eigenvalue weighted by Crippen LogP contribution is -2.46. The summed E-state index contributed by atoms with van der Waals surface area (Å²) in [5.74, 6) is -1.04. The van der Waals surface area contributed by atoms with Crippen LogP contribution in [0, 0.1) is 0 Å². The van der Waals surface area contributed by atoms with Crippen LogP contribution in [-0.4, -0.2) is 41.9 Å². The maximum Gasteiger partial charge on any atom is 0.267 e. The predicted octanol–water partition coefficient (Wildman–Crippen LogP) is 7.00. The van der Waals surface area contributed by atoms with E-state index in [2.05, 4.69) is 54.8 Å². The Hall–Kier alpha value is -1.96. The summed E-state index contributed by atoms with van der Waals surface area (Å²) in [4.78, 5) is 12.3. The highest BCUT2D eigenvalue weighted by Crippen LogP contribution is 2.09. The van der Waals surface area contributed by atoms with E-state index in [1.54, 1.807) is 6.08 Å². The number of aliphatic hydroxyl groups excluding tert-OH is 1. The van der Waals surface area contributed by atoms with E-state index < -0.39 is 28.0 Å². The van der Waals surface area contributed by atoms with E-state index in [9.17, 15) is 22.9 Å². The van der Waals surface area contributed by atoms with Gasteiger partial charge in [0.05, 0.1) is 17.9 Å². The first-order valence-electron chi connectivity index (χ1n) is 14.0. The van der Waals surface area contributed by atoms with Gasteiger partial charge in [-0.05, 0) is 64.7 Å². The van der Waals surface area contributed by atoms with Gasteiger partial charge in [-0.1, -0.05) is 93.4 Å². The van der Waals surface area contributed by atoms with Gasteiger partial charge in [0.2, 0.25) is 5.91 Å². The third-order valence-electron chi connectivity index (χ3n) is 5.72. The topological polar surface area (TPSA) is 104 Å². The molecule has 0 fully saturated rings. The van der Waals surface area contributed by atoms with Crippen molar-refractivity contribution in [2.75, 3.05) is 5.75 Å². The maximum absolute atomic E-state index is 12.3. The van der Waals surface area contributed by atoms with E-state index in [0.717, 1.165) is 64.2 Å². The molecule has 0 bridgehead atoms. The Labute approximate surface area is 226 Å². The highest BCUT2D eigenvalue weighted by atomic mass is 32.2. The van der Waals surface area contributed by atoms with E-state index in [1.807, 2.05) is 13.0 Å². The third kappa shape index (κ3) is 25.5. The van der Waals surface area contributed by atoms with Crippen LogP contribution in [0.1, 0.15) is 104 Å². The van der Waals surface area contributed by atoms with Crippen molar-refractivity contribution in [2.45, 2.75) is 116 Å². The van der Waals surface area contributed by atoms with Crippen LogP contribution in [0.15, 0.2) is 60.8 Å². The quantitative estimate of drug-likeness (QED) is 0.0739. The fourth-order valence-electron chi connectivity index (χ4n) is 3.64. The summed E-state index contributed by atoms with van der Waals surface area (Å²) in [6.45, 7) is 4.17. The van der Waals surface area contributed by atoms with Crippen LogP contribution < -0.4 is 5.32 Å². The second kappa shape index (κ2) is 24.4. The summed E-state index contributed by atoms with van der Waals surface area (Å²) in [7, 11) is -4.35. The molecule has 0 aliphatic heterocycles. The lowest BCUT2D eigenvalue weighted by Gasteiger charge is -2.21. The minimum atomic E-state index is -4.35. The number of amides is 1. The first kappa shape index (κ1) is 35.0. The molecule has 0 aromatic heterocycles. The van der Waals surface area contributed by atoms with Crippen LogP contribution in [0.4, 0.5) is 0 Å².